The molecule has 2 aromatic rings. The van der Waals surface area contributed by atoms with Gasteiger partial charge in [0.05, 0.1) is 12.2 Å². The van der Waals surface area contributed by atoms with Gasteiger partial charge in [-0.1, -0.05) is 30.4 Å². The van der Waals surface area contributed by atoms with Crippen LogP contribution in [0.25, 0.3) is 0 Å². The van der Waals surface area contributed by atoms with E-state index in [2.05, 4.69) is 0 Å². The zero-order valence-corrected chi connectivity index (χ0v) is 12.5. The minimum Gasteiger partial charge on any atom is -0.457 e. The predicted molar refractivity (Wildman–Crippen MR) is 84.4 cm³/mol. The van der Waals surface area contributed by atoms with Gasteiger partial charge < -0.3 is 15.2 Å². The highest BCUT2D eigenvalue weighted by Crippen LogP contribution is 2.27. The van der Waals surface area contributed by atoms with Crippen LogP contribution in [-0.4, -0.2) is 18.7 Å². The molecule has 0 spiro atoms. The Balaban J connectivity index is 2.19. The fourth-order valence-electron chi connectivity index (χ4n) is 1.90. The van der Waals surface area contributed by atoms with Crippen LogP contribution < -0.4 is 10.5 Å². The standard InChI is InChI=1S/C16H16FNO2S/c1-19-10-9-11-5-7-12(8-6-11)20-14-4-2-3-13(17)15(14)16(18)21/h2-8H,9-10H2,1H3,(H2,18,21). The zero-order valence-electron chi connectivity index (χ0n) is 11.6. The quantitative estimate of drug-likeness (QED) is 0.830. The van der Waals surface area contributed by atoms with Crippen molar-refractivity contribution in [1.82, 2.24) is 0 Å². The van der Waals surface area contributed by atoms with Gasteiger partial charge in [0.15, 0.2) is 0 Å². The molecular weight excluding hydrogens is 289 g/mol. The van der Waals surface area contributed by atoms with Crippen LogP contribution >= 0.6 is 12.2 Å². The number of benzene rings is 2. The van der Waals surface area contributed by atoms with Crippen LogP contribution in [0.5, 0.6) is 11.5 Å². The summed E-state index contributed by atoms with van der Waals surface area (Å²) in [5, 5.41) is 0. The lowest BCUT2D eigenvalue weighted by Gasteiger charge is -2.11. The highest BCUT2D eigenvalue weighted by Gasteiger charge is 2.12. The second-order valence-electron chi connectivity index (χ2n) is 4.47. The van der Waals surface area contributed by atoms with E-state index in [1.165, 1.54) is 6.07 Å². The van der Waals surface area contributed by atoms with E-state index in [1.54, 1.807) is 19.2 Å². The average Bonchev–Trinajstić information content (AvgIpc) is 2.46. The smallest absolute Gasteiger partial charge is 0.140 e. The number of hydrogen-bond acceptors (Lipinski definition) is 3. The van der Waals surface area contributed by atoms with Crippen molar-refractivity contribution < 1.29 is 13.9 Å². The zero-order chi connectivity index (χ0) is 15.2. The van der Waals surface area contributed by atoms with Gasteiger partial charge in [0, 0.05) is 7.11 Å². The Kier molecular flexibility index (Phi) is 5.25. The first-order valence-electron chi connectivity index (χ1n) is 6.46. The third-order valence-corrected chi connectivity index (χ3v) is 3.17. The first-order chi connectivity index (χ1) is 10.1. The SMILES string of the molecule is COCCc1ccc(Oc2cccc(F)c2C(N)=S)cc1. The molecule has 5 heteroatoms. The lowest BCUT2D eigenvalue weighted by atomic mass is 10.1. The first kappa shape index (κ1) is 15.4. The van der Waals surface area contributed by atoms with Crippen molar-refractivity contribution in [3.8, 4) is 11.5 Å². The molecule has 0 aliphatic carbocycles. The summed E-state index contributed by atoms with van der Waals surface area (Å²) in [4.78, 5) is -0.0279. The predicted octanol–water partition coefficient (Wildman–Crippen LogP) is 3.44. The Morgan fingerprint density at radius 2 is 1.90 bits per heavy atom. The lowest BCUT2D eigenvalue weighted by molar-refractivity contribution is 0.202. The fraction of sp³-hybridized carbons (Fsp3) is 0.188. The summed E-state index contributed by atoms with van der Waals surface area (Å²) in [5.74, 6) is 0.420. The highest BCUT2D eigenvalue weighted by molar-refractivity contribution is 7.80. The van der Waals surface area contributed by atoms with Crippen LogP contribution in [0.15, 0.2) is 42.5 Å². The Bertz CT molecular complexity index is 629. The summed E-state index contributed by atoms with van der Waals surface area (Å²) in [6, 6.07) is 12.0. The molecule has 0 radical (unpaired) electrons. The van der Waals surface area contributed by atoms with Crippen LogP contribution in [0.3, 0.4) is 0 Å². The topological polar surface area (TPSA) is 44.5 Å². The van der Waals surface area contributed by atoms with Gasteiger partial charge in [0.1, 0.15) is 22.3 Å². The molecule has 0 fully saturated rings. The molecule has 0 bridgehead atoms. The van der Waals surface area contributed by atoms with Crippen LogP contribution in [-0.2, 0) is 11.2 Å². The van der Waals surface area contributed by atoms with Crippen molar-refractivity contribution in [3.05, 3.63) is 59.4 Å². The summed E-state index contributed by atoms with van der Waals surface area (Å²) < 4.78 is 24.4. The molecule has 0 unspecified atom stereocenters. The van der Waals surface area contributed by atoms with Gasteiger partial charge in [0.2, 0.25) is 0 Å². The molecule has 110 valence electrons. The molecule has 2 N–H and O–H groups in total. The van der Waals surface area contributed by atoms with Crippen molar-refractivity contribution >= 4 is 17.2 Å². The minimum absolute atomic E-state index is 0.0279. The van der Waals surface area contributed by atoms with E-state index < -0.39 is 5.82 Å². The van der Waals surface area contributed by atoms with Gasteiger partial charge in [-0.05, 0) is 36.2 Å². The maximum absolute atomic E-state index is 13.7. The fourth-order valence-corrected chi connectivity index (χ4v) is 2.10. The first-order valence-corrected chi connectivity index (χ1v) is 6.86. The van der Waals surface area contributed by atoms with Gasteiger partial charge >= 0.3 is 0 Å². The Labute approximate surface area is 128 Å². The van der Waals surface area contributed by atoms with Crippen molar-refractivity contribution in [2.45, 2.75) is 6.42 Å². The molecule has 2 aromatic carbocycles. The number of halogens is 1. The third-order valence-electron chi connectivity index (χ3n) is 2.97. The molecule has 0 atom stereocenters. The summed E-state index contributed by atoms with van der Waals surface area (Å²) in [6.45, 7) is 0.662. The molecule has 0 heterocycles. The van der Waals surface area contributed by atoms with E-state index in [-0.39, 0.29) is 10.6 Å². The Hall–Kier alpha value is -1.98. The van der Waals surface area contributed by atoms with Crippen LogP contribution in [0, 0.1) is 5.82 Å². The third kappa shape index (κ3) is 4.00. The van der Waals surface area contributed by atoms with Gasteiger partial charge in [-0.2, -0.15) is 0 Å². The Morgan fingerprint density at radius 1 is 1.19 bits per heavy atom. The summed E-state index contributed by atoms with van der Waals surface area (Å²) in [6.07, 6.45) is 0.828. The Morgan fingerprint density at radius 3 is 2.52 bits per heavy atom. The molecule has 3 nitrogen and oxygen atoms in total. The summed E-state index contributed by atoms with van der Waals surface area (Å²) in [7, 11) is 1.67. The average molecular weight is 305 g/mol. The van der Waals surface area contributed by atoms with Gasteiger partial charge in [-0.3, -0.25) is 0 Å². The van der Waals surface area contributed by atoms with Gasteiger partial charge in [0.25, 0.3) is 0 Å². The molecule has 0 saturated carbocycles. The minimum atomic E-state index is -0.489. The second-order valence-corrected chi connectivity index (χ2v) is 4.91. The van der Waals surface area contributed by atoms with Crippen molar-refractivity contribution in [3.63, 3.8) is 0 Å². The van der Waals surface area contributed by atoms with E-state index in [4.69, 9.17) is 27.4 Å². The van der Waals surface area contributed by atoms with E-state index in [0.29, 0.717) is 18.1 Å². The number of rotatable bonds is 6. The number of methoxy groups -OCH3 is 1. The highest BCUT2D eigenvalue weighted by atomic mass is 32.1. The van der Waals surface area contributed by atoms with Crippen molar-refractivity contribution in [2.24, 2.45) is 5.73 Å². The normalized spacial score (nSPS) is 10.4. The lowest BCUT2D eigenvalue weighted by Crippen LogP contribution is -2.13. The van der Waals surface area contributed by atoms with E-state index in [9.17, 15) is 4.39 Å². The summed E-state index contributed by atoms with van der Waals surface area (Å²) in [5.41, 5.74) is 6.80. The monoisotopic (exact) mass is 305 g/mol. The number of hydrogen-bond donors (Lipinski definition) is 1. The molecule has 0 amide bonds. The molecule has 0 aromatic heterocycles. The van der Waals surface area contributed by atoms with E-state index in [1.807, 2.05) is 24.3 Å². The largest absolute Gasteiger partial charge is 0.457 e. The molecule has 0 saturated heterocycles. The molecule has 0 aliphatic rings. The maximum atomic E-state index is 13.7. The van der Waals surface area contributed by atoms with E-state index in [0.717, 1.165) is 12.0 Å². The van der Waals surface area contributed by atoms with Crippen molar-refractivity contribution in [2.75, 3.05) is 13.7 Å². The number of ether oxygens (including phenoxy) is 2. The van der Waals surface area contributed by atoms with Crippen LogP contribution in [0.2, 0.25) is 0 Å². The molecule has 0 aliphatic heterocycles. The summed E-state index contributed by atoms with van der Waals surface area (Å²) >= 11 is 4.87. The van der Waals surface area contributed by atoms with Gasteiger partial charge in [-0.15, -0.1) is 0 Å². The van der Waals surface area contributed by atoms with Crippen LogP contribution in [0.4, 0.5) is 4.39 Å². The molecular formula is C16H16FNO2S. The van der Waals surface area contributed by atoms with Crippen molar-refractivity contribution in [1.29, 1.82) is 0 Å². The maximum Gasteiger partial charge on any atom is 0.140 e. The number of nitrogens with two attached hydrogens (primary N) is 1. The molecule has 21 heavy (non-hydrogen) atoms. The van der Waals surface area contributed by atoms with Crippen LogP contribution in [0.1, 0.15) is 11.1 Å². The number of thiocarbonyl (C=S) groups is 1. The molecule has 2 rings (SSSR count). The van der Waals surface area contributed by atoms with Gasteiger partial charge in [-0.25, -0.2) is 4.39 Å². The second kappa shape index (κ2) is 7.15. The van der Waals surface area contributed by atoms with E-state index >= 15 is 0 Å².